The number of hydrogen-bond donors (Lipinski definition) is 0. The van der Waals surface area contributed by atoms with Gasteiger partial charge < -0.3 is 0 Å². The number of carbonyl (C=O) groups is 1. The largest absolute Gasteiger partial charge is 0.298 e. The molecular formula is C13H7BrF2O. The Hall–Kier alpha value is -1.55. The lowest BCUT2D eigenvalue weighted by Gasteiger charge is -2.08. The monoisotopic (exact) mass is 296 g/mol. The number of halogens is 3. The summed E-state index contributed by atoms with van der Waals surface area (Å²) in [5.41, 5.74) is 0.747. The summed E-state index contributed by atoms with van der Waals surface area (Å²) >= 11 is 3.22. The first kappa shape index (κ1) is 11.9. The molecule has 2 aromatic rings. The molecule has 86 valence electrons. The van der Waals surface area contributed by atoms with Gasteiger partial charge in [0.15, 0.2) is 6.29 Å². The summed E-state index contributed by atoms with van der Waals surface area (Å²) in [6, 6.07) is 8.17. The van der Waals surface area contributed by atoms with Crippen molar-refractivity contribution in [3.63, 3.8) is 0 Å². The fraction of sp³-hybridized carbons (Fsp3) is 0. The molecule has 0 unspecified atom stereocenters. The Bertz CT molecular complexity index is 561. The second-order valence-electron chi connectivity index (χ2n) is 3.45. The van der Waals surface area contributed by atoms with E-state index in [2.05, 4.69) is 15.9 Å². The Morgan fingerprint density at radius 1 is 1.12 bits per heavy atom. The summed E-state index contributed by atoms with van der Waals surface area (Å²) in [5, 5.41) is 0. The average molecular weight is 297 g/mol. The highest BCUT2D eigenvalue weighted by Crippen LogP contribution is 2.32. The Morgan fingerprint density at radius 3 is 2.53 bits per heavy atom. The minimum Gasteiger partial charge on any atom is -0.298 e. The fourth-order valence-electron chi connectivity index (χ4n) is 1.61. The van der Waals surface area contributed by atoms with Crippen LogP contribution in [0, 0.1) is 11.6 Å². The van der Waals surface area contributed by atoms with E-state index in [1.165, 1.54) is 18.2 Å². The van der Waals surface area contributed by atoms with Gasteiger partial charge in [0.05, 0.1) is 0 Å². The van der Waals surface area contributed by atoms with Crippen LogP contribution in [0.1, 0.15) is 10.4 Å². The van der Waals surface area contributed by atoms with Crippen molar-refractivity contribution < 1.29 is 13.6 Å². The van der Waals surface area contributed by atoms with Crippen molar-refractivity contribution >= 4 is 22.2 Å². The van der Waals surface area contributed by atoms with E-state index >= 15 is 0 Å². The quantitative estimate of drug-likeness (QED) is 0.759. The number of hydrogen-bond acceptors (Lipinski definition) is 1. The van der Waals surface area contributed by atoms with Crippen LogP contribution in [0.3, 0.4) is 0 Å². The standard InChI is InChI=1S/C13H7BrF2O/c14-11-2-1-3-12(16)13(11)10-5-4-9(15)6-8(10)7-17/h1-7H. The average Bonchev–Trinajstić information content (AvgIpc) is 2.30. The summed E-state index contributed by atoms with van der Waals surface area (Å²) in [6.07, 6.45) is 0.511. The predicted octanol–water partition coefficient (Wildman–Crippen LogP) is 4.21. The zero-order chi connectivity index (χ0) is 12.4. The van der Waals surface area contributed by atoms with Crippen LogP contribution < -0.4 is 0 Å². The maximum Gasteiger partial charge on any atom is 0.150 e. The first-order valence-corrected chi connectivity index (χ1v) is 5.62. The summed E-state index contributed by atoms with van der Waals surface area (Å²) in [5.74, 6) is -0.989. The van der Waals surface area contributed by atoms with Crippen LogP contribution in [-0.2, 0) is 0 Å². The number of rotatable bonds is 2. The lowest BCUT2D eigenvalue weighted by atomic mass is 10.00. The van der Waals surface area contributed by atoms with Crippen molar-refractivity contribution in [1.82, 2.24) is 0 Å². The summed E-state index contributed by atoms with van der Waals surface area (Å²) < 4.78 is 27.2. The van der Waals surface area contributed by atoms with Gasteiger partial charge in [0.2, 0.25) is 0 Å². The topological polar surface area (TPSA) is 17.1 Å². The van der Waals surface area contributed by atoms with Crippen LogP contribution in [0.4, 0.5) is 8.78 Å². The molecule has 0 amide bonds. The molecule has 0 fully saturated rings. The van der Waals surface area contributed by atoms with Gasteiger partial charge in [-0.05, 0) is 29.8 Å². The van der Waals surface area contributed by atoms with Gasteiger partial charge in [-0.1, -0.05) is 28.1 Å². The first-order chi connectivity index (χ1) is 8.13. The zero-order valence-corrected chi connectivity index (χ0v) is 10.2. The molecule has 0 atom stereocenters. The maximum atomic E-state index is 13.7. The molecule has 0 radical (unpaired) electrons. The van der Waals surface area contributed by atoms with Gasteiger partial charge in [0, 0.05) is 15.6 Å². The van der Waals surface area contributed by atoms with Crippen LogP contribution in [0.25, 0.3) is 11.1 Å². The molecule has 4 heteroatoms. The molecule has 0 N–H and O–H groups in total. The molecular weight excluding hydrogens is 290 g/mol. The van der Waals surface area contributed by atoms with E-state index < -0.39 is 11.6 Å². The van der Waals surface area contributed by atoms with E-state index in [0.29, 0.717) is 16.3 Å². The van der Waals surface area contributed by atoms with Crippen LogP contribution in [0.5, 0.6) is 0 Å². The predicted molar refractivity (Wildman–Crippen MR) is 64.9 cm³/mol. The van der Waals surface area contributed by atoms with Gasteiger partial charge >= 0.3 is 0 Å². The van der Waals surface area contributed by atoms with Gasteiger partial charge in [-0.2, -0.15) is 0 Å². The van der Waals surface area contributed by atoms with Gasteiger partial charge in [0.25, 0.3) is 0 Å². The van der Waals surface area contributed by atoms with Gasteiger partial charge in [-0.3, -0.25) is 4.79 Å². The number of benzene rings is 2. The normalized spacial score (nSPS) is 10.3. The zero-order valence-electron chi connectivity index (χ0n) is 8.58. The third kappa shape index (κ3) is 2.26. The van der Waals surface area contributed by atoms with Crippen molar-refractivity contribution in [1.29, 1.82) is 0 Å². The molecule has 0 heterocycles. The van der Waals surface area contributed by atoms with Crippen molar-refractivity contribution in [2.45, 2.75) is 0 Å². The van der Waals surface area contributed by atoms with Crippen LogP contribution in [-0.4, -0.2) is 6.29 Å². The Balaban J connectivity index is 2.72. The van der Waals surface area contributed by atoms with E-state index in [4.69, 9.17) is 0 Å². The number of carbonyl (C=O) groups excluding carboxylic acids is 1. The molecule has 0 aliphatic heterocycles. The molecule has 17 heavy (non-hydrogen) atoms. The smallest absolute Gasteiger partial charge is 0.150 e. The summed E-state index contributed by atoms with van der Waals surface area (Å²) in [7, 11) is 0. The van der Waals surface area contributed by atoms with Gasteiger partial charge in [-0.25, -0.2) is 8.78 Å². The Labute approximate surface area is 105 Å². The van der Waals surface area contributed by atoms with Gasteiger partial charge in [-0.15, -0.1) is 0 Å². The Kier molecular flexibility index (Phi) is 3.33. The minimum absolute atomic E-state index is 0.121. The fourth-order valence-corrected chi connectivity index (χ4v) is 2.17. The van der Waals surface area contributed by atoms with E-state index in [0.717, 1.165) is 6.07 Å². The van der Waals surface area contributed by atoms with Crippen LogP contribution in [0.15, 0.2) is 40.9 Å². The minimum atomic E-state index is -0.525. The van der Waals surface area contributed by atoms with Crippen LogP contribution in [0.2, 0.25) is 0 Å². The third-order valence-electron chi connectivity index (χ3n) is 2.37. The highest BCUT2D eigenvalue weighted by atomic mass is 79.9. The van der Waals surface area contributed by atoms with E-state index in [-0.39, 0.29) is 11.1 Å². The third-order valence-corrected chi connectivity index (χ3v) is 3.03. The highest BCUT2D eigenvalue weighted by Gasteiger charge is 2.13. The SMILES string of the molecule is O=Cc1cc(F)ccc1-c1c(F)cccc1Br. The molecule has 0 saturated carbocycles. The molecule has 0 spiro atoms. The highest BCUT2D eigenvalue weighted by molar-refractivity contribution is 9.10. The molecule has 0 saturated heterocycles. The molecule has 0 bridgehead atoms. The summed E-state index contributed by atoms with van der Waals surface area (Å²) in [6.45, 7) is 0. The van der Waals surface area contributed by atoms with E-state index in [9.17, 15) is 13.6 Å². The lowest BCUT2D eigenvalue weighted by molar-refractivity contribution is 0.112. The Morgan fingerprint density at radius 2 is 1.88 bits per heavy atom. The van der Waals surface area contributed by atoms with Crippen molar-refractivity contribution in [2.24, 2.45) is 0 Å². The first-order valence-electron chi connectivity index (χ1n) is 4.82. The van der Waals surface area contributed by atoms with Crippen molar-refractivity contribution in [2.75, 3.05) is 0 Å². The van der Waals surface area contributed by atoms with E-state index in [1.54, 1.807) is 12.1 Å². The molecule has 1 nitrogen and oxygen atoms in total. The van der Waals surface area contributed by atoms with Crippen molar-refractivity contribution in [3.8, 4) is 11.1 Å². The maximum absolute atomic E-state index is 13.7. The number of aldehydes is 1. The molecule has 2 aromatic carbocycles. The lowest BCUT2D eigenvalue weighted by Crippen LogP contribution is -1.93. The summed E-state index contributed by atoms with van der Waals surface area (Å²) in [4.78, 5) is 10.9. The molecule has 0 aromatic heterocycles. The molecule has 0 aliphatic rings. The molecule has 2 rings (SSSR count). The second-order valence-corrected chi connectivity index (χ2v) is 4.30. The molecule has 0 aliphatic carbocycles. The van der Waals surface area contributed by atoms with Gasteiger partial charge in [0.1, 0.15) is 11.6 Å². The second kappa shape index (κ2) is 4.75. The van der Waals surface area contributed by atoms with E-state index in [1.807, 2.05) is 0 Å². The van der Waals surface area contributed by atoms with Crippen molar-refractivity contribution in [3.05, 3.63) is 58.1 Å². The van der Waals surface area contributed by atoms with Crippen LogP contribution >= 0.6 is 15.9 Å².